The molecule has 100 valence electrons. The Kier molecular flexibility index (Phi) is 4.34. The first-order chi connectivity index (χ1) is 8.95. The fourth-order valence-corrected chi connectivity index (χ4v) is 2.69. The predicted molar refractivity (Wildman–Crippen MR) is 81.6 cm³/mol. The molecule has 1 aromatic heterocycles. The number of benzene rings is 1. The van der Waals surface area contributed by atoms with Crippen LogP contribution >= 0.6 is 38.5 Å². The van der Waals surface area contributed by atoms with Gasteiger partial charge in [0, 0.05) is 5.56 Å². The molecule has 0 fully saturated rings. The highest BCUT2D eigenvalue weighted by Crippen LogP contribution is 2.31. The number of nitrogen functional groups attached to an aromatic ring is 1. The highest BCUT2D eigenvalue weighted by molar-refractivity contribution is 14.1. The van der Waals surface area contributed by atoms with Gasteiger partial charge in [0.05, 0.1) is 13.7 Å². The Hall–Kier alpha value is -0.830. The molecule has 1 heterocycles. The molecule has 0 atom stereocenters. The van der Waals surface area contributed by atoms with E-state index in [1.807, 2.05) is 6.92 Å². The summed E-state index contributed by atoms with van der Waals surface area (Å²) < 4.78 is 27.4. The maximum atomic E-state index is 13.5. The van der Waals surface area contributed by atoms with E-state index in [1.165, 1.54) is 6.07 Å². The smallest absolute Gasteiger partial charge is 0.173 e. The Labute approximate surface area is 130 Å². The molecule has 0 aliphatic rings. The molecule has 2 aromatic rings. The molecular formula is C12H9BrF2IN3. The lowest BCUT2D eigenvalue weighted by Crippen LogP contribution is -2.05. The van der Waals surface area contributed by atoms with Gasteiger partial charge in [-0.05, 0) is 57.1 Å². The van der Waals surface area contributed by atoms with E-state index in [0.717, 1.165) is 15.3 Å². The Bertz CT molecular complexity index is 649. The number of rotatable bonds is 2. The fourth-order valence-electron chi connectivity index (χ4n) is 1.57. The van der Waals surface area contributed by atoms with Crippen LogP contribution in [0.25, 0.3) is 11.4 Å². The van der Waals surface area contributed by atoms with Crippen LogP contribution in [0.3, 0.4) is 0 Å². The van der Waals surface area contributed by atoms with Crippen molar-refractivity contribution in [2.24, 2.45) is 0 Å². The van der Waals surface area contributed by atoms with Crippen molar-refractivity contribution in [1.29, 1.82) is 0 Å². The summed E-state index contributed by atoms with van der Waals surface area (Å²) in [7, 11) is 0. The zero-order valence-electron chi connectivity index (χ0n) is 9.85. The van der Waals surface area contributed by atoms with Crippen LogP contribution in [0.1, 0.15) is 12.6 Å². The van der Waals surface area contributed by atoms with E-state index in [9.17, 15) is 8.78 Å². The van der Waals surface area contributed by atoms with Crippen LogP contribution in [0.15, 0.2) is 16.6 Å². The molecule has 0 saturated carbocycles. The number of nitrogens with zero attached hydrogens (tertiary/aromatic N) is 2. The Balaban J connectivity index is 2.66. The maximum absolute atomic E-state index is 13.5. The molecular weight excluding hydrogens is 431 g/mol. The van der Waals surface area contributed by atoms with E-state index in [1.54, 1.807) is 0 Å². The first-order valence-electron chi connectivity index (χ1n) is 5.41. The van der Waals surface area contributed by atoms with E-state index >= 15 is 0 Å². The average molecular weight is 440 g/mol. The van der Waals surface area contributed by atoms with Crippen molar-refractivity contribution >= 4 is 44.3 Å². The number of aromatic nitrogens is 2. The highest BCUT2D eigenvalue weighted by atomic mass is 127. The van der Waals surface area contributed by atoms with Gasteiger partial charge in [0.25, 0.3) is 0 Å². The molecule has 0 radical (unpaired) electrons. The molecule has 2 N–H and O–H groups in total. The van der Waals surface area contributed by atoms with Gasteiger partial charge in [0.1, 0.15) is 5.82 Å². The van der Waals surface area contributed by atoms with Crippen LogP contribution in [-0.4, -0.2) is 9.97 Å². The van der Waals surface area contributed by atoms with Crippen molar-refractivity contribution in [3.8, 4) is 11.4 Å². The van der Waals surface area contributed by atoms with Gasteiger partial charge in [-0.1, -0.05) is 6.92 Å². The lowest BCUT2D eigenvalue weighted by molar-refractivity contribution is 0.504. The number of hydrogen-bond acceptors (Lipinski definition) is 3. The molecule has 0 aliphatic heterocycles. The quantitative estimate of drug-likeness (QED) is 0.569. The summed E-state index contributed by atoms with van der Waals surface area (Å²) in [6.07, 6.45) is 0.680. The van der Waals surface area contributed by atoms with Crippen molar-refractivity contribution in [3.05, 3.63) is 37.5 Å². The number of halogens is 4. The minimum atomic E-state index is -0.962. The second kappa shape index (κ2) is 5.66. The lowest BCUT2D eigenvalue weighted by atomic mass is 10.2. The van der Waals surface area contributed by atoms with Crippen LogP contribution in [0, 0.1) is 15.2 Å². The van der Waals surface area contributed by atoms with E-state index in [0.29, 0.717) is 17.8 Å². The van der Waals surface area contributed by atoms with Crippen LogP contribution in [0.5, 0.6) is 0 Å². The van der Waals surface area contributed by atoms with Crippen LogP contribution in [-0.2, 0) is 6.42 Å². The second-order valence-electron chi connectivity index (χ2n) is 3.77. The first-order valence-corrected chi connectivity index (χ1v) is 7.28. The fraction of sp³-hybridized carbons (Fsp3) is 0.167. The summed E-state index contributed by atoms with van der Waals surface area (Å²) in [6, 6.07) is 2.46. The zero-order chi connectivity index (χ0) is 14.2. The normalized spacial score (nSPS) is 10.8. The van der Waals surface area contributed by atoms with E-state index in [4.69, 9.17) is 5.73 Å². The topological polar surface area (TPSA) is 51.8 Å². The summed E-state index contributed by atoms with van der Waals surface area (Å²) in [5.74, 6) is -1.28. The van der Waals surface area contributed by atoms with Gasteiger partial charge in [-0.3, -0.25) is 0 Å². The second-order valence-corrected chi connectivity index (χ2v) is 5.64. The monoisotopic (exact) mass is 439 g/mol. The SMILES string of the molecule is CCc1nc(-c2ccc(F)c(F)c2Br)nc(N)c1I. The summed E-state index contributed by atoms with van der Waals surface area (Å²) in [5, 5.41) is 0. The third kappa shape index (κ3) is 2.71. The number of hydrogen-bond donors (Lipinski definition) is 1. The van der Waals surface area contributed by atoms with Crippen LogP contribution in [0.2, 0.25) is 0 Å². The Morgan fingerprint density at radius 1 is 1.32 bits per heavy atom. The molecule has 0 saturated heterocycles. The molecule has 0 amide bonds. The number of nitrogens with two attached hydrogens (primary N) is 1. The van der Waals surface area contributed by atoms with Gasteiger partial charge >= 0.3 is 0 Å². The summed E-state index contributed by atoms with van der Waals surface area (Å²) in [6.45, 7) is 1.94. The van der Waals surface area contributed by atoms with E-state index in [2.05, 4.69) is 48.5 Å². The van der Waals surface area contributed by atoms with E-state index in [-0.39, 0.29) is 10.3 Å². The Morgan fingerprint density at radius 2 is 2.00 bits per heavy atom. The third-order valence-electron chi connectivity index (χ3n) is 2.56. The Morgan fingerprint density at radius 3 is 2.63 bits per heavy atom. The zero-order valence-corrected chi connectivity index (χ0v) is 13.6. The molecule has 1 aromatic carbocycles. The lowest BCUT2D eigenvalue weighted by Gasteiger charge is -2.09. The number of aryl methyl sites for hydroxylation is 1. The van der Waals surface area contributed by atoms with Crippen molar-refractivity contribution in [1.82, 2.24) is 9.97 Å². The van der Waals surface area contributed by atoms with Gasteiger partial charge in [0.15, 0.2) is 17.5 Å². The molecule has 0 bridgehead atoms. The van der Waals surface area contributed by atoms with Crippen molar-refractivity contribution in [3.63, 3.8) is 0 Å². The molecule has 0 aliphatic carbocycles. The molecule has 7 heteroatoms. The summed E-state index contributed by atoms with van der Waals surface area (Å²) >= 11 is 5.09. The molecule has 2 rings (SSSR count). The number of anilines is 1. The van der Waals surface area contributed by atoms with Crippen molar-refractivity contribution in [2.45, 2.75) is 13.3 Å². The van der Waals surface area contributed by atoms with Crippen LogP contribution in [0.4, 0.5) is 14.6 Å². The summed E-state index contributed by atoms with van der Waals surface area (Å²) in [5.41, 5.74) is 6.96. The van der Waals surface area contributed by atoms with Gasteiger partial charge < -0.3 is 5.73 Å². The minimum Gasteiger partial charge on any atom is -0.383 e. The molecule has 3 nitrogen and oxygen atoms in total. The first kappa shape index (κ1) is 14.6. The molecule has 0 spiro atoms. The van der Waals surface area contributed by atoms with Crippen LogP contribution < -0.4 is 5.73 Å². The predicted octanol–water partition coefficient (Wildman–Crippen LogP) is 3.93. The maximum Gasteiger partial charge on any atom is 0.173 e. The van der Waals surface area contributed by atoms with Gasteiger partial charge in [-0.2, -0.15) is 0 Å². The average Bonchev–Trinajstić information content (AvgIpc) is 2.39. The van der Waals surface area contributed by atoms with Gasteiger partial charge in [-0.15, -0.1) is 0 Å². The van der Waals surface area contributed by atoms with Gasteiger partial charge in [0.2, 0.25) is 0 Å². The molecule has 0 unspecified atom stereocenters. The molecule has 19 heavy (non-hydrogen) atoms. The standard InChI is InChI=1S/C12H9BrF2IN3/c1-2-7-10(16)11(17)19-12(18-7)5-3-4-6(14)9(15)8(5)13/h3-4H,2H2,1H3,(H2,17,18,19). The van der Waals surface area contributed by atoms with Crippen molar-refractivity contribution < 1.29 is 8.78 Å². The summed E-state index contributed by atoms with van der Waals surface area (Å²) in [4.78, 5) is 8.46. The third-order valence-corrected chi connectivity index (χ3v) is 4.51. The van der Waals surface area contributed by atoms with Gasteiger partial charge in [-0.25, -0.2) is 18.7 Å². The van der Waals surface area contributed by atoms with Crippen molar-refractivity contribution in [2.75, 3.05) is 5.73 Å². The van der Waals surface area contributed by atoms with E-state index < -0.39 is 11.6 Å². The largest absolute Gasteiger partial charge is 0.383 e. The minimum absolute atomic E-state index is 0.00448. The highest BCUT2D eigenvalue weighted by Gasteiger charge is 2.16.